The Balaban J connectivity index is 0.000000250. The molecule has 1 atom stereocenters. The van der Waals surface area contributed by atoms with Crippen molar-refractivity contribution in [1.29, 1.82) is 0 Å². The van der Waals surface area contributed by atoms with Crippen LogP contribution in [0.4, 0.5) is 0 Å². The molecule has 0 aromatic heterocycles. The van der Waals surface area contributed by atoms with Crippen molar-refractivity contribution in [1.82, 2.24) is 15.5 Å². The monoisotopic (exact) mass is 265 g/mol. The zero-order valence-corrected chi connectivity index (χ0v) is 11.9. The highest BCUT2D eigenvalue weighted by Crippen LogP contribution is 2.17. The Hall–Kier alpha value is -0.970. The molecule has 0 saturated carbocycles. The molecule has 0 aliphatic carbocycles. The molecule has 19 heavy (non-hydrogen) atoms. The highest BCUT2D eigenvalue weighted by atomic mass is 16.1. The number of hydrogen-bond acceptors (Lipinski definition) is 4. The van der Waals surface area contributed by atoms with Crippen LogP contribution in [0.5, 0.6) is 0 Å². The fraction of sp³-hybridized carbons (Fsp3) is 0.667. The summed E-state index contributed by atoms with van der Waals surface area (Å²) >= 11 is 0. The summed E-state index contributed by atoms with van der Waals surface area (Å²) in [4.78, 5) is 13.6. The molecular formula is C15H27N3O. The second-order valence-electron chi connectivity index (χ2n) is 4.90. The molecule has 2 aliphatic rings. The van der Waals surface area contributed by atoms with Gasteiger partial charge in [0, 0.05) is 32.7 Å². The van der Waals surface area contributed by atoms with Crippen molar-refractivity contribution in [2.24, 2.45) is 0 Å². The van der Waals surface area contributed by atoms with Crippen LogP contribution in [0.1, 0.15) is 19.3 Å². The van der Waals surface area contributed by atoms with Gasteiger partial charge in [-0.05, 0) is 25.5 Å². The van der Waals surface area contributed by atoms with Crippen LogP contribution in [0, 0.1) is 0 Å². The Labute approximate surface area is 116 Å². The maximum absolute atomic E-state index is 11.5. The summed E-state index contributed by atoms with van der Waals surface area (Å²) in [5.41, 5.74) is 0. The van der Waals surface area contributed by atoms with E-state index in [0.717, 1.165) is 52.1 Å². The fourth-order valence-electron chi connectivity index (χ4n) is 2.44. The van der Waals surface area contributed by atoms with Crippen LogP contribution in [-0.4, -0.2) is 56.0 Å². The Morgan fingerprint density at radius 1 is 1.16 bits per heavy atom. The molecule has 2 saturated heterocycles. The minimum absolute atomic E-state index is 0.0595. The second-order valence-corrected chi connectivity index (χ2v) is 4.90. The van der Waals surface area contributed by atoms with E-state index in [0.29, 0.717) is 0 Å². The largest absolute Gasteiger partial charge is 0.314 e. The lowest BCUT2D eigenvalue weighted by molar-refractivity contribution is -0.120. The van der Waals surface area contributed by atoms with Gasteiger partial charge in [-0.3, -0.25) is 9.69 Å². The van der Waals surface area contributed by atoms with Gasteiger partial charge in [0.1, 0.15) is 0 Å². The highest BCUT2D eigenvalue weighted by Gasteiger charge is 2.25. The van der Waals surface area contributed by atoms with Crippen molar-refractivity contribution in [3.8, 4) is 0 Å². The van der Waals surface area contributed by atoms with E-state index in [1.807, 2.05) is 6.08 Å². The average Bonchev–Trinajstić information content (AvgIpc) is 2.50. The minimum atomic E-state index is 0.0595. The number of hydrogen-bond donors (Lipinski definition) is 2. The van der Waals surface area contributed by atoms with Gasteiger partial charge in [-0.1, -0.05) is 19.1 Å². The SMILES string of the molecule is C1CNCCN1.C=CCN1CCCCC1C(=O)C=C. The molecular weight excluding hydrogens is 238 g/mol. The number of rotatable bonds is 4. The smallest absolute Gasteiger partial charge is 0.172 e. The van der Waals surface area contributed by atoms with Gasteiger partial charge in [-0.15, -0.1) is 6.58 Å². The van der Waals surface area contributed by atoms with Crippen LogP contribution in [0.2, 0.25) is 0 Å². The third-order valence-electron chi connectivity index (χ3n) is 3.46. The number of likely N-dealkylation sites (tertiary alicyclic amines) is 1. The second kappa shape index (κ2) is 9.89. The number of nitrogens with one attached hydrogen (secondary N) is 2. The molecule has 0 radical (unpaired) electrons. The maximum atomic E-state index is 11.5. The topological polar surface area (TPSA) is 44.4 Å². The third-order valence-corrected chi connectivity index (χ3v) is 3.46. The average molecular weight is 265 g/mol. The van der Waals surface area contributed by atoms with E-state index in [-0.39, 0.29) is 11.8 Å². The van der Waals surface area contributed by atoms with Crippen LogP contribution in [-0.2, 0) is 4.79 Å². The quantitative estimate of drug-likeness (QED) is 0.587. The summed E-state index contributed by atoms with van der Waals surface area (Å²) < 4.78 is 0. The normalized spacial score (nSPS) is 23.9. The molecule has 1 unspecified atom stereocenters. The summed E-state index contributed by atoms with van der Waals surface area (Å²) in [5.74, 6) is 0.154. The zero-order chi connectivity index (χ0) is 13.9. The van der Waals surface area contributed by atoms with Crippen molar-refractivity contribution in [3.05, 3.63) is 25.3 Å². The van der Waals surface area contributed by atoms with E-state index in [1.54, 1.807) is 0 Å². The first-order valence-corrected chi connectivity index (χ1v) is 7.22. The van der Waals surface area contributed by atoms with Crippen molar-refractivity contribution >= 4 is 5.78 Å². The maximum Gasteiger partial charge on any atom is 0.172 e. The van der Waals surface area contributed by atoms with Gasteiger partial charge >= 0.3 is 0 Å². The van der Waals surface area contributed by atoms with E-state index in [2.05, 4.69) is 28.7 Å². The van der Waals surface area contributed by atoms with Crippen molar-refractivity contribution in [2.75, 3.05) is 39.3 Å². The van der Waals surface area contributed by atoms with Crippen LogP contribution < -0.4 is 10.6 Å². The summed E-state index contributed by atoms with van der Waals surface area (Å²) in [7, 11) is 0. The number of ketones is 1. The predicted octanol–water partition coefficient (Wildman–Crippen LogP) is 0.961. The number of carbonyl (C=O) groups is 1. The molecule has 4 nitrogen and oxygen atoms in total. The molecule has 2 rings (SSSR count). The molecule has 0 amide bonds. The van der Waals surface area contributed by atoms with Gasteiger partial charge in [-0.2, -0.15) is 0 Å². The Morgan fingerprint density at radius 3 is 2.26 bits per heavy atom. The van der Waals surface area contributed by atoms with E-state index in [1.165, 1.54) is 12.5 Å². The number of nitrogens with zero attached hydrogens (tertiary/aromatic N) is 1. The molecule has 2 aliphatic heterocycles. The van der Waals surface area contributed by atoms with Crippen LogP contribution in [0.3, 0.4) is 0 Å². The summed E-state index contributed by atoms with van der Waals surface area (Å²) in [6.07, 6.45) is 6.60. The van der Waals surface area contributed by atoms with Crippen molar-refractivity contribution < 1.29 is 4.79 Å². The van der Waals surface area contributed by atoms with Crippen molar-refractivity contribution in [3.63, 3.8) is 0 Å². The van der Waals surface area contributed by atoms with Gasteiger partial charge in [0.05, 0.1) is 6.04 Å². The molecule has 2 heterocycles. The lowest BCUT2D eigenvalue weighted by Crippen LogP contribution is -2.43. The molecule has 108 valence electrons. The molecule has 4 heteroatoms. The minimum Gasteiger partial charge on any atom is -0.314 e. The number of piperidine rings is 1. The first-order chi connectivity index (χ1) is 9.29. The summed E-state index contributed by atoms with van der Waals surface area (Å²) in [5, 5.41) is 6.44. The lowest BCUT2D eigenvalue weighted by Gasteiger charge is -2.33. The van der Waals surface area contributed by atoms with Gasteiger partial charge in [0.15, 0.2) is 5.78 Å². The van der Waals surface area contributed by atoms with Gasteiger partial charge in [0.2, 0.25) is 0 Å². The molecule has 2 N–H and O–H groups in total. The number of piperazine rings is 1. The first kappa shape index (κ1) is 16.1. The van der Waals surface area contributed by atoms with Crippen LogP contribution in [0.25, 0.3) is 0 Å². The summed E-state index contributed by atoms with van der Waals surface area (Å²) in [6, 6.07) is 0.0595. The Bertz CT molecular complexity index is 276. The predicted molar refractivity (Wildman–Crippen MR) is 80.4 cm³/mol. The third kappa shape index (κ3) is 6.14. The molecule has 0 spiro atoms. The van der Waals surface area contributed by atoms with E-state index in [9.17, 15) is 4.79 Å². The highest BCUT2D eigenvalue weighted by molar-refractivity contribution is 5.93. The molecule has 0 aromatic rings. The standard InChI is InChI=1S/C11H17NO.C4H10N2/c1-3-8-12-9-6-5-7-10(12)11(13)4-2;1-2-6-4-3-5-1/h3-4,10H,1-2,5-9H2;5-6H,1-4H2. The summed E-state index contributed by atoms with van der Waals surface area (Å²) in [6.45, 7) is 13.6. The van der Waals surface area contributed by atoms with E-state index >= 15 is 0 Å². The van der Waals surface area contributed by atoms with E-state index in [4.69, 9.17) is 0 Å². The zero-order valence-electron chi connectivity index (χ0n) is 11.9. The molecule has 2 fully saturated rings. The van der Waals surface area contributed by atoms with Gasteiger partial charge in [0.25, 0.3) is 0 Å². The van der Waals surface area contributed by atoms with Gasteiger partial charge < -0.3 is 10.6 Å². The fourth-order valence-corrected chi connectivity index (χ4v) is 2.44. The van der Waals surface area contributed by atoms with Crippen LogP contribution in [0.15, 0.2) is 25.3 Å². The van der Waals surface area contributed by atoms with E-state index < -0.39 is 0 Å². The lowest BCUT2D eigenvalue weighted by atomic mass is 9.98. The molecule has 0 bridgehead atoms. The Kier molecular flexibility index (Phi) is 8.38. The first-order valence-electron chi connectivity index (χ1n) is 7.22. The Morgan fingerprint density at radius 2 is 1.79 bits per heavy atom. The van der Waals surface area contributed by atoms with Gasteiger partial charge in [-0.25, -0.2) is 0 Å². The number of carbonyl (C=O) groups excluding carboxylic acids is 1. The molecule has 0 aromatic carbocycles. The van der Waals surface area contributed by atoms with Crippen LogP contribution >= 0.6 is 0 Å². The van der Waals surface area contributed by atoms with Crippen molar-refractivity contribution in [2.45, 2.75) is 25.3 Å².